The molecule has 2 aromatic carbocycles. The molecule has 1 aliphatic heterocycles. The third-order valence-corrected chi connectivity index (χ3v) is 7.79. The van der Waals surface area contributed by atoms with Gasteiger partial charge in [0, 0.05) is 16.0 Å². The molecule has 8 heteroatoms. The van der Waals surface area contributed by atoms with Crippen LogP contribution in [0, 0.1) is 20.8 Å². The van der Waals surface area contributed by atoms with E-state index in [1.165, 1.54) is 17.6 Å². The van der Waals surface area contributed by atoms with E-state index in [0.717, 1.165) is 44.5 Å². The number of esters is 1. The highest BCUT2D eigenvalue weighted by Gasteiger charge is 2.32. The van der Waals surface area contributed by atoms with Gasteiger partial charge in [-0.3, -0.25) is 14.4 Å². The lowest BCUT2D eigenvalue weighted by molar-refractivity contribution is -0.141. The first kappa shape index (κ1) is 24.6. The summed E-state index contributed by atoms with van der Waals surface area (Å²) in [5, 5.41) is 9.76. The van der Waals surface area contributed by atoms with Gasteiger partial charge in [0.2, 0.25) is 0 Å². The molecule has 0 N–H and O–H groups in total. The van der Waals surface area contributed by atoms with E-state index in [2.05, 4.69) is 60.5 Å². The summed E-state index contributed by atoms with van der Waals surface area (Å²) in [6, 6.07) is 15.8. The molecule has 4 aromatic rings. The predicted octanol–water partition coefficient (Wildman–Crippen LogP) is 5.89. The molecule has 188 valence electrons. The Balaban J connectivity index is 1.55. The molecule has 0 spiro atoms. The Morgan fingerprint density at radius 2 is 1.62 bits per heavy atom. The van der Waals surface area contributed by atoms with Crippen molar-refractivity contribution in [1.29, 1.82) is 0 Å². The number of aliphatic imine (C=N–C) groups is 1. The minimum Gasteiger partial charge on any atom is -0.497 e. The molecule has 1 atom stereocenters. The fourth-order valence-corrected chi connectivity index (χ4v) is 5.64. The van der Waals surface area contributed by atoms with Crippen molar-refractivity contribution in [2.24, 2.45) is 4.99 Å². The smallest absolute Gasteiger partial charge is 0.308 e. The van der Waals surface area contributed by atoms with Gasteiger partial charge in [-0.25, -0.2) is 0 Å². The minimum atomic E-state index is -0.502. The standard InChI is InChI=1S/C29H28N4O3S/c1-17-18(2)37-29-26(17)27(30-24(16-25(34)36-5)28-32-31-19(3)33(28)29)22-12-8-20(9-13-22)6-7-21-10-14-23(35-4)15-11-21/h6-15,24H,16H2,1-5H3/t24-/m0/s1. The molecule has 7 nitrogen and oxygen atoms in total. The molecule has 0 unspecified atom stereocenters. The first-order chi connectivity index (χ1) is 17.9. The Morgan fingerprint density at radius 1 is 0.973 bits per heavy atom. The van der Waals surface area contributed by atoms with Crippen LogP contribution in [0.4, 0.5) is 0 Å². The summed E-state index contributed by atoms with van der Waals surface area (Å²) >= 11 is 1.69. The molecule has 5 rings (SSSR count). The maximum atomic E-state index is 12.3. The van der Waals surface area contributed by atoms with Crippen LogP contribution in [0.3, 0.4) is 0 Å². The average molecular weight is 513 g/mol. The van der Waals surface area contributed by atoms with Gasteiger partial charge in [0.15, 0.2) is 5.82 Å². The van der Waals surface area contributed by atoms with Crippen LogP contribution in [0.15, 0.2) is 53.5 Å². The number of aryl methyl sites for hydroxylation is 2. The molecule has 0 bridgehead atoms. The van der Waals surface area contributed by atoms with Crippen molar-refractivity contribution < 1.29 is 14.3 Å². The van der Waals surface area contributed by atoms with Crippen molar-refractivity contribution in [3.8, 4) is 10.8 Å². The van der Waals surface area contributed by atoms with Crippen LogP contribution < -0.4 is 4.74 Å². The molecule has 0 amide bonds. The minimum absolute atomic E-state index is 0.0911. The number of nitrogens with zero attached hydrogens (tertiary/aromatic N) is 4. The summed E-state index contributed by atoms with van der Waals surface area (Å²) < 4.78 is 12.2. The molecule has 2 aromatic heterocycles. The Bertz CT molecular complexity index is 1510. The average Bonchev–Trinajstić information content (AvgIpc) is 3.39. The summed E-state index contributed by atoms with van der Waals surface area (Å²) in [6.45, 7) is 6.16. The SMILES string of the molecule is COC(=O)C[C@@H]1N=C(c2ccc(C=Cc3ccc(OC)cc3)cc2)c2c(sc(C)c2C)-n2c(C)nnc21. The zero-order valence-electron chi connectivity index (χ0n) is 21.5. The number of hydrogen-bond donors (Lipinski definition) is 0. The van der Waals surface area contributed by atoms with E-state index >= 15 is 0 Å². The molecule has 37 heavy (non-hydrogen) atoms. The summed E-state index contributed by atoms with van der Waals surface area (Å²) in [7, 11) is 3.05. The van der Waals surface area contributed by atoms with Gasteiger partial charge in [0.1, 0.15) is 22.6 Å². The van der Waals surface area contributed by atoms with Gasteiger partial charge >= 0.3 is 5.97 Å². The third-order valence-electron chi connectivity index (χ3n) is 6.60. The normalized spacial score (nSPS) is 14.6. The molecule has 1 aliphatic rings. The molecule has 0 aliphatic carbocycles. The predicted molar refractivity (Wildman–Crippen MR) is 147 cm³/mol. The number of thiophene rings is 1. The molecule has 0 saturated carbocycles. The van der Waals surface area contributed by atoms with Crippen LogP contribution in [0.5, 0.6) is 5.75 Å². The highest BCUT2D eigenvalue weighted by Crippen LogP contribution is 2.39. The first-order valence-electron chi connectivity index (χ1n) is 12.0. The van der Waals surface area contributed by atoms with Gasteiger partial charge in [-0.1, -0.05) is 48.6 Å². The second-order valence-electron chi connectivity index (χ2n) is 8.91. The molecular formula is C29H28N4O3S. The number of ether oxygens (including phenoxy) is 2. The van der Waals surface area contributed by atoms with Gasteiger partial charge < -0.3 is 9.47 Å². The van der Waals surface area contributed by atoms with Crippen LogP contribution in [0.2, 0.25) is 0 Å². The maximum Gasteiger partial charge on any atom is 0.308 e. The van der Waals surface area contributed by atoms with Gasteiger partial charge in [-0.2, -0.15) is 0 Å². The lowest BCUT2D eigenvalue weighted by atomic mass is 9.98. The Morgan fingerprint density at radius 3 is 2.24 bits per heavy atom. The monoisotopic (exact) mass is 512 g/mol. The van der Waals surface area contributed by atoms with E-state index in [9.17, 15) is 4.79 Å². The highest BCUT2D eigenvalue weighted by atomic mass is 32.1. The van der Waals surface area contributed by atoms with Crippen molar-refractivity contribution in [1.82, 2.24) is 14.8 Å². The summed E-state index contributed by atoms with van der Waals surface area (Å²) in [4.78, 5) is 18.6. The second kappa shape index (κ2) is 10.1. The fourth-order valence-electron chi connectivity index (χ4n) is 4.43. The molecule has 0 radical (unpaired) electrons. The molecule has 3 heterocycles. The molecular weight excluding hydrogens is 484 g/mol. The second-order valence-corrected chi connectivity index (χ2v) is 10.1. The number of carbonyl (C=O) groups is 1. The van der Waals surface area contributed by atoms with Crippen LogP contribution in [0.1, 0.15) is 56.8 Å². The Labute approximate surface area is 220 Å². The van der Waals surface area contributed by atoms with E-state index in [0.29, 0.717) is 5.82 Å². The van der Waals surface area contributed by atoms with Gasteiger partial charge in [0.25, 0.3) is 0 Å². The van der Waals surface area contributed by atoms with Crippen LogP contribution in [-0.4, -0.2) is 40.7 Å². The van der Waals surface area contributed by atoms with Crippen molar-refractivity contribution in [2.45, 2.75) is 33.2 Å². The number of rotatable bonds is 6. The largest absolute Gasteiger partial charge is 0.497 e. The molecule has 0 fully saturated rings. The van der Waals surface area contributed by atoms with Gasteiger partial charge in [0.05, 0.1) is 26.4 Å². The molecule has 0 saturated heterocycles. The number of fused-ring (bicyclic) bond motifs is 3. The number of benzene rings is 2. The Hall–Kier alpha value is -4.04. The van der Waals surface area contributed by atoms with E-state index in [-0.39, 0.29) is 12.4 Å². The van der Waals surface area contributed by atoms with Crippen molar-refractivity contribution in [2.75, 3.05) is 14.2 Å². The first-order valence-corrected chi connectivity index (χ1v) is 12.8. The van der Waals surface area contributed by atoms with Crippen LogP contribution >= 0.6 is 11.3 Å². The summed E-state index contributed by atoms with van der Waals surface area (Å²) in [5.74, 6) is 1.92. The number of carbonyl (C=O) groups excluding carboxylic acids is 1. The lowest BCUT2D eigenvalue weighted by Crippen LogP contribution is -2.12. The van der Waals surface area contributed by atoms with E-state index in [4.69, 9.17) is 14.5 Å². The maximum absolute atomic E-state index is 12.3. The third kappa shape index (κ3) is 4.72. The number of aromatic nitrogens is 3. The number of methoxy groups -OCH3 is 2. The van der Waals surface area contributed by atoms with E-state index in [1.54, 1.807) is 18.4 Å². The zero-order valence-corrected chi connectivity index (χ0v) is 22.3. The highest BCUT2D eigenvalue weighted by molar-refractivity contribution is 7.15. The van der Waals surface area contributed by atoms with Crippen LogP contribution in [-0.2, 0) is 9.53 Å². The summed E-state index contributed by atoms with van der Waals surface area (Å²) in [6.07, 6.45) is 4.24. The van der Waals surface area contributed by atoms with Crippen LogP contribution in [0.25, 0.3) is 17.2 Å². The van der Waals surface area contributed by atoms with Gasteiger partial charge in [-0.15, -0.1) is 21.5 Å². The van der Waals surface area contributed by atoms with E-state index < -0.39 is 6.04 Å². The van der Waals surface area contributed by atoms with Crippen molar-refractivity contribution >= 4 is 35.2 Å². The number of hydrogen-bond acceptors (Lipinski definition) is 7. The van der Waals surface area contributed by atoms with Crippen molar-refractivity contribution in [3.05, 3.63) is 92.9 Å². The lowest BCUT2D eigenvalue weighted by Gasteiger charge is -2.12. The zero-order chi connectivity index (χ0) is 26.1. The Kier molecular flexibility index (Phi) is 6.76. The summed E-state index contributed by atoms with van der Waals surface area (Å²) in [5.41, 5.74) is 6.22. The topological polar surface area (TPSA) is 78.6 Å². The van der Waals surface area contributed by atoms with Crippen molar-refractivity contribution in [3.63, 3.8) is 0 Å². The van der Waals surface area contributed by atoms with E-state index in [1.807, 2.05) is 35.8 Å². The fraction of sp³-hybridized carbons (Fsp3) is 0.241. The quantitative estimate of drug-likeness (QED) is 0.238. The van der Waals surface area contributed by atoms with Gasteiger partial charge in [-0.05, 0) is 49.6 Å².